The molecule has 0 aliphatic carbocycles. The van der Waals surface area contributed by atoms with Gasteiger partial charge in [-0.3, -0.25) is 24.0 Å². The Morgan fingerprint density at radius 3 is 2.04 bits per heavy atom. The van der Waals surface area contributed by atoms with Crippen LogP contribution in [0.4, 0.5) is 0 Å². The number of rotatable bonds is 11. The number of carbonyl (C=O) groups is 5. The Hall–Kier alpha value is -2.73. The summed E-state index contributed by atoms with van der Waals surface area (Å²) in [5.41, 5.74) is 10.5. The van der Waals surface area contributed by atoms with Crippen molar-refractivity contribution < 1.29 is 34.2 Å². The Morgan fingerprint density at radius 2 is 1.58 bits per heavy atom. The van der Waals surface area contributed by atoms with Crippen molar-refractivity contribution in [1.82, 2.24) is 16.0 Å². The van der Waals surface area contributed by atoms with Crippen LogP contribution in [0.5, 0.6) is 0 Å². The predicted octanol–water partition coefficient (Wildman–Crippen LogP) is -3.85. The third kappa shape index (κ3) is 8.94. The molecule has 0 radical (unpaired) electrons. The van der Waals surface area contributed by atoms with Gasteiger partial charge in [0.1, 0.15) is 18.6 Å². The number of aliphatic carboxylic acids is 1. The van der Waals surface area contributed by atoms with Crippen LogP contribution in [0, 0.1) is 0 Å². The lowest BCUT2D eigenvalue weighted by Gasteiger charge is -2.24. The minimum Gasteiger partial charge on any atom is -0.480 e. The molecule has 0 spiro atoms. The summed E-state index contributed by atoms with van der Waals surface area (Å²) in [5.74, 6) is -4.30. The van der Waals surface area contributed by atoms with E-state index in [0.717, 1.165) is 0 Å². The minimum absolute atomic E-state index is 0.0384. The van der Waals surface area contributed by atoms with Crippen LogP contribution in [0.3, 0.4) is 0 Å². The summed E-state index contributed by atoms with van der Waals surface area (Å²) in [6.45, 7) is 1.92. The van der Waals surface area contributed by atoms with Crippen LogP contribution in [0.2, 0.25) is 0 Å². The van der Waals surface area contributed by atoms with Gasteiger partial charge in [0.2, 0.25) is 23.6 Å². The van der Waals surface area contributed by atoms with Gasteiger partial charge < -0.3 is 37.6 Å². The standard InChI is InChI=1S/C14H25N5O7/c1-6(12(24)17-5-10(22)23)18-14(26)11(7(2)20)19-13(25)8(15)3-4-9(16)21/h6-8,11,20H,3-5,15H2,1-2H3,(H2,16,21)(H,17,24)(H,18,26)(H,19,25)(H,22,23). The van der Waals surface area contributed by atoms with Gasteiger partial charge in [0.15, 0.2) is 0 Å². The Morgan fingerprint density at radius 1 is 1.00 bits per heavy atom. The van der Waals surface area contributed by atoms with Crippen LogP contribution in [0.1, 0.15) is 26.7 Å². The number of hydrogen-bond acceptors (Lipinski definition) is 7. The van der Waals surface area contributed by atoms with Gasteiger partial charge in [0.25, 0.3) is 0 Å². The maximum atomic E-state index is 12.2. The molecule has 0 saturated carbocycles. The largest absolute Gasteiger partial charge is 0.480 e. The summed E-state index contributed by atoms with van der Waals surface area (Å²) < 4.78 is 0. The highest BCUT2D eigenvalue weighted by Gasteiger charge is 2.29. The molecule has 0 saturated heterocycles. The molecule has 0 aliphatic rings. The topological polar surface area (TPSA) is 214 Å². The number of nitrogens with one attached hydrogen (secondary N) is 3. The minimum atomic E-state index is -1.41. The normalized spacial score (nSPS) is 15.1. The quantitative estimate of drug-likeness (QED) is 0.189. The first-order valence-electron chi connectivity index (χ1n) is 7.77. The monoisotopic (exact) mass is 375 g/mol. The number of carbonyl (C=O) groups excluding carboxylic acids is 4. The number of aliphatic hydroxyl groups is 1. The molecule has 0 aliphatic heterocycles. The van der Waals surface area contributed by atoms with Crippen molar-refractivity contribution in [2.75, 3.05) is 6.54 Å². The molecule has 12 nitrogen and oxygen atoms in total. The molecule has 148 valence electrons. The molecule has 0 aromatic heterocycles. The van der Waals surface area contributed by atoms with Crippen LogP contribution < -0.4 is 27.4 Å². The van der Waals surface area contributed by atoms with E-state index in [4.69, 9.17) is 16.6 Å². The predicted molar refractivity (Wildman–Crippen MR) is 88.3 cm³/mol. The maximum Gasteiger partial charge on any atom is 0.322 e. The molecule has 9 N–H and O–H groups in total. The van der Waals surface area contributed by atoms with E-state index < -0.39 is 60.4 Å². The zero-order valence-electron chi connectivity index (χ0n) is 14.5. The second-order valence-corrected chi connectivity index (χ2v) is 5.68. The second kappa shape index (κ2) is 11.0. The summed E-state index contributed by atoms with van der Waals surface area (Å²) in [6, 6.07) is -3.63. The number of aliphatic hydroxyl groups excluding tert-OH is 1. The second-order valence-electron chi connectivity index (χ2n) is 5.68. The SMILES string of the molecule is CC(NC(=O)C(NC(=O)C(N)CCC(N)=O)C(C)O)C(=O)NCC(=O)O. The van der Waals surface area contributed by atoms with E-state index in [-0.39, 0.29) is 12.8 Å². The van der Waals surface area contributed by atoms with Gasteiger partial charge in [-0.05, 0) is 20.3 Å². The van der Waals surface area contributed by atoms with Gasteiger partial charge >= 0.3 is 5.97 Å². The fourth-order valence-corrected chi connectivity index (χ4v) is 1.78. The van der Waals surface area contributed by atoms with Crippen molar-refractivity contribution in [3.05, 3.63) is 0 Å². The molecular weight excluding hydrogens is 350 g/mol. The number of amides is 4. The molecule has 0 heterocycles. The van der Waals surface area contributed by atoms with Crippen molar-refractivity contribution in [3.63, 3.8) is 0 Å². The summed E-state index contributed by atoms with van der Waals surface area (Å²) in [6.07, 6.45) is -1.47. The lowest BCUT2D eigenvalue weighted by Crippen LogP contribution is -2.58. The first kappa shape index (κ1) is 23.3. The average Bonchev–Trinajstić information content (AvgIpc) is 2.54. The molecule has 4 amide bonds. The van der Waals surface area contributed by atoms with Crippen molar-refractivity contribution in [2.24, 2.45) is 11.5 Å². The number of nitrogens with two attached hydrogens (primary N) is 2. The fraction of sp³-hybridized carbons (Fsp3) is 0.643. The molecule has 0 rings (SSSR count). The molecule has 4 unspecified atom stereocenters. The fourth-order valence-electron chi connectivity index (χ4n) is 1.78. The van der Waals surface area contributed by atoms with Crippen LogP contribution in [-0.4, -0.2) is 70.6 Å². The number of carboxylic acids is 1. The summed E-state index contributed by atoms with van der Waals surface area (Å²) >= 11 is 0. The number of carboxylic acid groups (broad SMARTS) is 1. The van der Waals surface area contributed by atoms with Crippen LogP contribution in [-0.2, 0) is 24.0 Å². The molecule has 0 fully saturated rings. The Kier molecular flexibility index (Phi) is 9.84. The van der Waals surface area contributed by atoms with E-state index in [9.17, 15) is 29.1 Å². The molecule has 0 aromatic carbocycles. The lowest BCUT2D eigenvalue weighted by molar-refractivity contribution is -0.138. The highest BCUT2D eigenvalue weighted by molar-refractivity contribution is 5.93. The van der Waals surface area contributed by atoms with E-state index in [0.29, 0.717) is 0 Å². The van der Waals surface area contributed by atoms with Crippen LogP contribution >= 0.6 is 0 Å². The lowest BCUT2D eigenvalue weighted by atomic mass is 10.1. The zero-order chi connectivity index (χ0) is 20.4. The molecule has 26 heavy (non-hydrogen) atoms. The van der Waals surface area contributed by atoms with Gasteiger partial charge in [-0.15, -0.1) is 0 Å². The van der Waals surface area contributed by atoms with E-state index in [1.807, 2.05) is 0 Å². The Bertz CT molecular complexity index is 552. The molecule has 4 atom stereocenters. The van der Waals surface area contributed by atoms with E-state index in [2.05, 4.69) is 16.0 Å². The van der Waals surface area contributed by atoms with E-state index in [1.54, 1.807) is 0 Å². The summed E-state index contributed by atoms with van der Waals surface area (Å²) in [5, 5.41) is 24.7. The van der Waals surface area contributed by atoms with Crippen molar-refractivity contribution in [3.8, 4) is 0 Å². The smallest absolute Gasteiger partial charge is 0.322 e. The van der Waals surface area contributed by atoms with E-state index in [1.165, 1.54) is 13.8 Å². The zero-order valence-corrected chi connectivity index (χ0v) is 14.5. The number of primary amides is 1. The molecule has 12 heteroatoms. The van der Waals surface area contributed by atoms with Crippen LogP contribution in [0.25, 0.3) is 0 Å². The average molecular weight is 375 g/mol. The Labute approximate surface area is 149 Å². The highest BCUT2D eigenvalue weighted by Crippen LogP contribution is 1.99. The molecule has 0 aromatic rings. The first-order chi connectivity index (χ1) is 12.0. The first-order valence-corrected chi connectivity index (χ1v) is 7.77. The van der Waals surface area contributed by atoms with Gasteiger partial charge in [0, 0.05) is 6.42 Å². The van der Waals surface area contributed by atoms with Gasteiger partial charge in [-0.25, -0.2) is 0 Å². The molecular formula is C14H25N5O7. The highest BCUT2D eigenvalue weighted by atomic mass is 16.4. The third-order valence-electron chi connectivity index (χ3n) is 3.27. The van der Waals surface area contributed by atoms with Crippen molar-refractivity contribution in [2.45, 2.75) is 50.9 Å². The van der Waals surface area contributed by atoms with Gasteiger partial charge in [-0.1, -0.05) is 0 Å². The van der Waals surface area contributed by atoms with Crippen molar-refractivity contribution in [1.29, 1.82) is 0 Å². The van der Waals surface area contributed by atoms with Gasteiger partial charge in [0.05, 0.1) is 12.1 Å². The van der Waals surface area contributed by atoms with Crippen LogP contribution in [0.15, 0.2) is 0 Å². The summed E-state index contributed by atoms with van der Waals surface area (Å²) in [4.78, 5) is 56.9. The Balaban J connectivity index is 4.75. The van der Waals surface area contributed by atoms with E-state index >= 15 is 0 Å². The maximum absolute atomic E-state index is 12.2. The summed E-state index contributed by atoms with van der Waals surface area (Å²) in [7, 11) is 0. The number of hydrogen-bond donors (Lipinski definition) is 7. The molecule has 0 bridgehead atoms. The van der Waals surface area contributed by atoms with Crippen molar-refractivity contribution >= 4 is 29.6 Å². The third-order valence-corrected chi connectivity index (χ3v) is 3.27. The van der Waals surface area contributed by atoms with Gasteiger partial charge in [-0.2, -0.15) is 0 Å².